The fourth-order valence-electron chi connectivity index (χ4n) is 3.95. The van der Waals surface area contributed by atoms with Crippen molar-refractivity contribution < 1.29 is 14.6 Å². The maximum absolute atomic E-state index is 10.9. The third-order valence-corrected chi connectivity index (χ3v) is 6.06. The fourth-order valence-corrected chi connectivity index (χ4v) is 4.07. The second kappa shape index (κ2) is 9.06. The van der Waals surface area contributed by atoms with Crippen LogP contribution in [0.15, 0.2) is 42.5 Å². The topological polar surface area (TPSA) is 61.8 Å². The zero-order valence-corrected chi connectivity index (χ0v) is 18.0. The normalized spacial score (nSPS) is 16.7. The molecule has 0 bridgehead atoms. The van der Waals surface area contributed by atoms with Gasteiger partial charge < -0.3 is 15.2 Å². The number of halogens is 1. The molecule has 0 unspecified atom stereocenters. The van der Waals surface area contributed by atoms with E-state index in [0.29, 0.717) is 19.5 Å². The number of carbonyl (C=O) groups is 1. The minimum atomic E-state index is -1.19. The molecule has 1 aliphatic rings. The highest BCUT2D eigenvalue weighted by atomic mass is 35.5. The van der Waals surface area contributed by atoms with E-state index in [-0.39, 0.29) is 6.04 Å². The molecule has 2 aromatic rings. The number of nitrogens with zero attached hydrogens (tertiary/aromatic N) is 1. The lowest BCUT2D eigenvalue weighted by molar-refractivity contribution is -0.121. The Morgan fingerprint density at radius 2 is 2.03 bits per heavy atom. The van der Waals surface area contributed by atoms with Crippen molar-refractivity contribution in [1.29, 1.82) is 0 Å². The van der Waals surface area contributed by atoms with Crippen LogP contribution in [0.4, 0.5) is 10.5 Å². The van der Waals surface area contributed by atoms with Crippen molar-refractivity contribution in [3.05, 3.63) is 64.2 Å². The van der Waals surface area contributed by atoms with Gasteiger partial charge in [0.1, 0.15) is 5.60 Å². The molecule has 6 heteroatoms. The smallest absolute Gasteiger partial charge is 0.450 e. The molecule has 2 aromatic carbocycles. The monoisotopic (exact) mass is 416 g/mol. The summed E-state index contributed by atoms with van der Waals surface area (Å²) in [5.41, 5.74) is 4.02. The quantitative estimate of drug-likeness (QED) is 0.527. The first kappa shape index (κ1) is 21.5. The van der Waals surface area contributed by atoms with Crippen LogP contribution in [0.1, 0.15) is 49.4 Å². The van der Waals surface area contributed by atoms with Crippen LogP contribution in [0, 0.1) is 6.92 Å². The molecular weight excluding hydrogens is 388 g/mol. The van der Waals surface area contributed by atoms with Gasteiger partial charge in [0.05, 0.1) is 6.04 Å². The molecule has 1 fully saturated rings. The number of anilines is 1. The van der Waals surface area contributed by atoms with E-state index in [1.165, 1.54) is 11.1 Å². The van der Waals surface area contributed by atoms with Gasteiger partial charge in [-0.05, 0) is 54.7 Å². The van der Waals surface area contributed by atoms with Crippen molar-refractivity contribution in [1.82, 2.24) is 4.90 Å². The maximum atomic E-state index is 10.9. The Balaban J connectivity index is 1.63. The molecule has 0 aromatic heterocycles. The van der Waals surface area contributed by atoms with Gasteiger partial charge in [0.15, 0.2) is 0 Å². The summed E-state index contributed by atoms with van der Waals surface area (Å²) in [7, 11) is 0. The molecule has 3 rings (SSSR count). The standard InChI is InChI=1S/C23H29ClN2O3/c1-4-21(18-9-10-20(24)16(3)11-18)25-19-8-6-7-17(12-19)13-26-14-23(5-2,15-26)29-22(27)28/h6-12,21,25H,4-5,13-15H2,1-3H3,(H,27,28)/t21-/m1/s1. The van der Waals surface area contributed by atoms with E-state index in [2.05, 4.69) is 53.5 Å². The summed E-state index contributed by atoms with van der Waals surface area (Å²) in [6.07, 6.45) is 0.458. The predicted octanol–water partition coefficient (Wildman–Crippen LogP) is 5.87. The summed E-state index contributed by atoms with van der Waals surface area (Å²) in [4.78, 5) is 13.1. The average molecular weight is 417 g/mol. The Labute approximate surface area is 177 Å². The van der Waals surface area contributed by atoms with Crippen molar-refractivity contribution in [3.63, 3.8) is 0 Å². The summed E-state index contributed by atoms with van der Waals surface area (Å²) in [5, 5.41) is 13.4. The molecule has 0 radical (unpaired) electrons. The number of carboxylic acid groups (broad SMARTS) is 1. The molecule has 0 saturated carbocycles. The van der Waals surface area contributed by atoms with E-state index in [1.807, 2.05) is 19.9 Å². The Hall–Kier alpha value is -2.24. The lowest BCUT2D eigenvalue weighted by Crippen LogP contribution is -2.62. The van der Waals surface area contributed by atoms with Crippen LogP contribution >= 0.6 is 11.6 Å². The summed E-state index contributed by atoms with van der Waals surface area (Å²) in [6.45, 7) is 8.20. The molecule has 1 atom stereocenters. The van der Waals surface area contributed by atoms with Crippen LogP contribution in [0.3, 0.4) is 0 Å². The Bertz CT molecular complexity index is 865. The van der Waals surface area contributed by atoms with Crippen molar-refractivity contribution in [3.8, 4) is 0 Å². The molecule has 1 aliphatic heterocycles. The van der Waals surface area contributed by atoms with Gasteiger partial charge in [0, 0.05) is 30.3 Å². The Kier molecular flexibility index (Phi) is 6.70. The zero-order valence-electron chi connectivity index (χ0n) is 17.2. The number of ether oxygens (including phenoxy) is 1. The Morgan fingerprint density at radius 3 is 2.66 bits per heavy atom. The van der Waals surface area contributed by atoms with Crippen molar-refractivity contribution in [2.75, 3.05) is 18.4 Å². The lowest BCUT2D eigenvalue weighted by atomic mass is 9.90. The van der Waals surface area contributed by atoms with Crippen molar-refractivity contribution in [2.45, 2.75) is 51.8 Å². The van der Waals surface area contributed by atoms with E-state index >= 15 is 0 Å². The predicted molar refractivity (Wildman–Crippen MR) is 117 cm³/mol. The number of hydrogen-bond donors (Lipinski definition) is 2. The van der Waals surface area contributed by atoms with Gasteiger partial charge in [-0.3, -0.25) is 4.90 Å². The highest BCUT2D eigenvalue weighted by Crippen LogP contribution is 2.31. The Morgan fingerprint density at radius 1 is 1.28 bits per heavy atom. The van der Waals surface area contributed by atoms with E-state index in [9.17, 15) is 4.79 Å². The summed E-state index contributed by atoms with van der Waals surface area (Å²) in [5.74, 6) is 0. The van der Waals surface area contributed by atoms with Crippen LogP contribution in [0.25, 0.3) is 0 Å². The molecule has 29 heavy (non-hydrogen) atoms. The van der Waals surface area contributed by atoms with Gasteiger partial charge in [0.25, 0.3) is 0 Å². The summed E-state index contributed by atoms with van der Waals surface area (Å²) < 4.78 is 5.10. The lowest BCUT2D eigenvalue weighted by Gasteiger charge is -2.48. The van der Waals surface area contributed by atoms with Gasteiger partial charge in [-0.15, -0.1) is 0 Å². The molecule has 0 amide bonds. The SMILES string of the molecule is CC[C@@H](Nc1cccc(CN2CC(CC)(OC(=O)O)C2)c1)c1ccc(Cl)c(C)c1. The first-order chi connectivity index (χ1) is 13.8. The molecule has 2 N–H and O–H groups in total. The number of aryl methyl sites for hydroxylation is 1. The van der Waals surface area contributed by atoms with Crippen LogP contribution < -0.4 is 5.32 Å². The van der Waals surface area contributed by atoms with Crippen LogP contribution in [0.2, 0.25) is 5.02 Å². The van der Waals surface area contributed by atoms with E-state index < -0.39 is 11.8 Å². The van der Waals surface area contributed by atoms with E-state index in [4.69, 9.17) is 21.4 Å². The first-order valence-electron chi connectivity index (χ1n) is 10.1. The van der Waals surface area contributed by atoms with Crippen molar-refractivity contribution >= 4 is 23.4 Å². The first-order valence-corrected chi connectivity index (χ1v) is 10.5. The highest BCUT2D eigenvalue weighted by molar-refractivity contribution is 6.31. The summed E-state index contributed by atoms with van der Waals surface area (Å²) in [6, 6.07) is 14.8. The average Bonchev–Trinajstić information content (AvgIpc) is 2.66. The molecular formula is C23H29ClN2O3. The fraction of sp³-hybridized carbons (Fsp3) is 0.435. The van der Waals surface area contributed by atoms with Gasteiger partial charge in [-0.25, -0.2) is 4.79 Å². The van der Waals surface area contributed by atoms with Gasteiger partial charge in [-0.1, -0.05) is 49.7 Å². The number of hydrogen-bond acceptors (Lipinski definition) is 4. The number of likely N-dealkylation sites (tertiary alicyclic amines) is 1. The highest BCUT2D eigenvalue weighted by Gasteiger charge is 2.45. The molecule has 0 spiro atoms. The van der Waals surface area contributed by atoms with E-state index in [0.717, 1.165) is 29.2 Å². The minimum absolute atomic E-state index is 0.210. The number of nitrogens with one attached hydrogen (secondary N) is 1. The molecule has 0 aliphatic carbocycles. The van der Waals surface area contributed by atoms with Crippen LogP contribution in [-0.2, 0) is 11.3 Å². The second-order valence-electron chi connectivity index (χ2n) is 7.86. The second-order valence-corrected chi connectivity index (χ2v) is 8.27. The molecule has 156 valence electrons. The molecule has 1 saturated heterocycles. The minimum Gasteiger partial charge on any atom is -0.450 e. The van der Waals surface area contributed by atoms with E-state index in [1.54, 1.807) is 0 Å². The van der Waals surface area contributed by atoms with Gasteiger partial charge >= 0.3 is 6.16 Å². The van der Waals surface area contributed by atoms with Crippen LogP contribution in [-0.4, -0.2) is 34.9 Å². The van der Waals surface area contributed by atoms with Crippen LogP contribution in [0.5, 0.6) is 0 Å². The number of benzene rings is 2. The third-order valence-electron chi connectivity index (χ3n) is 5.64. The summed E-state index contributed by atoms with van der Waals surface area (Å²) >= 11 is 6.17. The maximum Gasteiger partial charge on any atom is 0.506 e. The molecule has 1 heterocycles. The molecule has 5 nitrogen and oxygen atoms in total. The van der Waals surface area contributed by atoms with Crippen molar-refractivity contribution in [2.24, 2.45) is 0 Å². The zero-order chi connectivity index (χ0) is 21.0. The van der Waals surface area contributed by atoms with Gasteiger partial charge in [0.2, 0.25) is 0 Å². The third kappa shape index (κ3) is 5.22. The largest absolute Gasteiger partial charge is 0.506 e. The number of rotatable bonds is 8. The van der Waals surface area contributed by atoms with Gasteiger partial charge in [-0.2, -0.15) is 0 Å².